The molecule has 0 aliphatic rings. The number of phenolic OH excluding ortho intramolecular Hbond substituents is 1. The van der Waals surface area contributed by atoms with Crippen LogP contribution in [0.15, 0.2) is 42.5 Å². The van der Waals surface area contributed by atoms with E-state index in [0.717, 1.165) is 5.56 Å². The van der Waals surface area contributed by atoms with Gasteiger partial charge in [-0.1, -0.05) is 29.8 Å². The van der Waals surface area contributed by atoms with Crippen LogP contribution in [0.2, 0.25) is 5.02 Å². The molecule has 0 radical (unpaired) electrons. The number of esters is 1. The van der Waals surface area contributed by atoms with Gasteiger partial charge >= 0.3 is 5.97 Å². The van der Waals surface area contributed by atoms with E-state index in [2.05, 4.69) is 5.32 Å². The number of rotatable bonds is 6. The fourth-order valence-electron chi connectivity index (χ4n) is 2.27. The molecule has 2 aromatic carbocycles. The van der Waals surface area contributed by atoms with Crippen LogP contribution in [0.5, 0.6) is 11.5 Å². The Bertz CT molecular complexity index is 690. The third kappa shape index (κ3) is 4.15. The first-order chi connectivity index (χ1) is 11.1. The third-order valence-electron chi connectivity index (χ3n) is 3.42. The molecule has 2 N–H and O–H groups in total. The summed E-state index contributed by atoms with van der Waals surface area (Å²) in [5.74, 6) is 0.250. The van der Waals surface area contributed by atoms with Crippen molar-refractivity contribution in [1.82, 2.24) is 5.32 Å². The van der Waals surface area contributed by atoms with E-state index in [1.54, 1.807) is 37.4 Å². The highest BCUT2D eigenvalue weighted by atomic mass is 35.5. The van der Waals surface area contributed by atoms with E-state index in [9.17, 15) is 9.90 Å². The van der Waals surface area contributed by atoms with Gasteiger partial charge < -0.3 is 14.6 Å². The minimum atomic E-state index is -0.729. The first-order valence-corrected chi connectivity index (χ1v) is 7.36. The second-order valence-corrected chi connectivity index (χ2v) is 5.26. The molecule has 0 bridgehead atoms. The molecule has 122 valence electrons. The molecule has 0 aliphatic carbocycles. The molecule has 0 heterocycles. The van der Waals surface area contributed by atoms with E-state index >= 15 is 0 Å². The third-order valence-corrected chi connectivity index (χ3v) is 3.77. The number of aromatic hydroxyl groups is 1. The topological polar surface area (TPSA) is 67.8 Å². The summed E-state index contributed by atoms with van der Waals surface area (Å²) in [4.78, 5) is 12.1. The van der Waals surface area contributed by atoms with Gasteiger partial charge in [0.1, 0.15) is 17.5 Å². The van der Waals surface area contributed by atoms with Gasteiger partial charge in [-0.15, -0.1) is 0 Å². The molecule has 0 unspecified atom stereocenters. The number of halogens is 1. The van der Waals surface area contributed by atoms with Crippen LogP contribution in [-0.4, -0.2) is 25.3 Å². The maximum Gasteiger partial charge on any atom is 0.327 e. The quantitative estimate of drug-likeness (QED) is 0.794. The second kappa shape index (κ2) is 7.85. The van der Waals surface area contributed by atoms with E-state index < -0.39 is 12.0 Å². The van der Waals surface area contributed by atoms with Crippen molar-refractivity contribution in [2.24, 2.45) is 0 Å². The fourth-order valence-corrected chi connectivity index (χ4v) is 2.50. The lowest BCUT2D eigenvalue weighted by Gasteiger charge is -2.18. The minimum Gasteiger partial charge on any atom is -0.508 e. The molecular weight excluding hydrogens is 318 g/mol. The lowest BCUT2D eigenvalue weighted by Crippen LogP contribution is -2.29. The van der Waals surface area contributed by atoms with Crippen molar-refractivity contribution in [3.05, 3.63) is 58.6 Å². The van der Waals surface area contributed by atoms with Crippen molar-refractivity contribution in [1.29, 1.82) is 0 Å². The second-order valence-electron chi connectivity index (χ2n) is 4.85. The van der Waals surface area contributed by atoms with Crippen molar-refractivity contribution in [3.8, 4) is 11.5 Å². The van der Waals surface area contributed by atoms with Gasteiger partial charge in [0.15, 0.2) is 0 Å². The number of carbonyl (C=O) groups excluding carboxylic acids is 1. The molecule has 5 nitrogen and oxygen atoms in total. The summed E-state index contributed by atoms with van der Waals surface area (Å²) in [6, 6.07) is 11.1. The standard InChI is InChI=1S/C17H18ClNO4/c1-22-15-8-4-7-14(18)13(15)10-19-16(17(21)23-2)11-5-3-6-12(20)9-11/h3-9,16,19-20H,10H2,1-2H3/t16-/m1/s1. The highest BCUT2D eigenvalue weighted by Gasteiger charge is 2.22. The SMILES string of the molecule is COC(=O)[C@H](NCc1c(Cl)cccc1OC)c1cccc(O)c1. The summed E-state index contributed by atoms with van der Waals surface area (Å²) in [6.07, 6.45) is 0. The van der Waals surface area contributed by atoms with Gasteiger partial charge in [0, 0.05) is 17.1 Å². The highest BCUT2D eigenvalue weighted by molar-refractivity contribution is 6.31. The summed E-state index contributed by atoms with van der Waals surface area (Å²) < 4.78 is 10.1. The lowest BCUT2D eigenvalue weighted by molar-refractivity contribution is -0.143. The van der Waals surface area contributed by atoms with Gasteiger partial charge in [-0.05, 0) is 29.8 Å². The Kier molecular flexibility index (Phi) is 5.84. The van der Waals surface area contributed by atoms with E-state index in [1.165, 1.54) is 19.2 Å². The maximum absolute atomic E-state index is 12.1. The highest BCUT2D eigenvalue weighted by Crippen LogP contribution is 2.27. The largest absolute Gasteiger partial charge is 0.508 e. The monoisotopic (exact) mass is 335 g/mol. The Hall–Kier alpha value is -2.24. The zero-order chi connectivity index (χ0) is 16.8. The number of hydrogen-bond donors (Lipinski definition) is 2. The summed E-state index contributed by atoms with van der Waals surface area (Å²) in [5.41, 5.74) is 1.34. The molecule has 0 amide bonds. The molecule has 2 rings (SSSR count). The Labute approximate surface area is 139 Å². The van der Waals surface area contributed by atoms with Crippen molar-refractivity contribution >= 4 is 17.6 Å². The number of nitrogens with one attached hydrogen (secondary N) is 1. The molecule has 0 spiro atoms. The lowest BCUT2D eigenvalue weighted by atomic mass is 10.1. The predicted octanol–water partition coefficient (Wildman–Crippen LogP) is 3.06. The number of methoxy groups -OCH3 is 2. The normalized spacial score (nSPS) is 11.8. The molecule has 1 atom stereocenters. The molecule has 0 fully saturated rings. The average Bonchev–Trinajstić information content (AvgIpc) is 2.55. The smallest absolute Gasteiger partial charge is 0.327 e. The number of ether oxygens (including phenoxy) is 2. The Balaban J connectivity index is 2.25. The van der Waals surface area contributed by atoms with Gasteiger partial charge in [-0.25, -0.2) is 4.79 Å². The summed E-state index contributed by atoms with van der Waals surface area (Å²) >= 11 is 6.20. The molecule has 23 heavy (non-hydrogen) atoms. The van der Waals surface area contributed by atoms with Crippen molar-refractivity contribution in [3.63, 3.8) is 0 Å². The van der Waals surface area contributed by atoms with Gasteiger partial charge in [0.2, 0.25) is 0 Å². The molecule has 0 aromatic heterocycles. The van der Waals surface area contributed by atoms with Gasteiger partial charge in [0.25, 0.3) is 0 Å². The number of carbonyl (C=O) groups is 1. The van der Waals surface area contributed by atoms with Gasteiger partial charge in [-0.2, -0.15) is 0 Å². The van der Waals surface area contributed by atoms with Gasteiger partial charge in [-0.3, -0.25) is 5.32 Å². The summed E-state index contributed by atoms with van der Waals surface area (Å²) in [6.45, 7) is 0.304. The van der Waals surface area contributed by atoms with Crippen LogP contribution in [0, 0.1) is 0 Å². The molecule has 2 aromatic rings. The fraction of sp³-hybridized carbons (Fsp3) is 0.235. The first-order valence-electron chi connectivity index (χ1n) is 6.98. The Morgan fingerprint density at radius 3 is 2.65 bits per heavy atom. The van der Waals surface area contributed by atoms with Crippen LogP contribution in [0.25, 0.3) is 0 Å². The number of benzene rings is 2. The van der Waals surface area contributed by atoms with Crippen molar-refractivity contribution < 1.29 is 19.4 Å². The molecular formula is C17H18ClNO4. The van der Waals surface area contributed by atoms with Crippen LogP contribution in [0.1, 0.15) is 17.2 Å². The summed E-state index contributed by atoms with van der Waals surface area (Å²) in [7, 11) is 2.87. The van der Waals surface area contributed by atoms with Gasteiger partial charge in [0.05, 0.1) is 14.2 Å². The zero-order valence-corrected chi connectivity index (χ0v) is 13.6. The predicted molar refractivity (Wildman–Crippen MR) is 87.7 cm³/mol. The zero-order valence-electron chi connectivity index (χ0n) is 12.9. The van der Waals surface area contributed by atoms with E-state index in [0.29, 0.717) is 22.9 Å². The van der Waals surface area contributed by atoms with Crippen LogP contribution < -0.4 is 10.1 Å². The van der Waals surface area contributed by atoms with Crippen molar-refractivity contribution in [2.45, 2.75) is 12.6 Å². The maximum atomic E-state index is 12.1. The number of hydrogen-bond acceptors (Lipinski definition) is 5. The molecule has 0 saturated heterocycles. The van der Waals surface area contributed by atoms with E-state index in [4.69, 9.17) is 21.1 Å². The van der Waals surface area contributed by atoms with E-state index in [1.807, 2.05) is 0 Å². The minimum absolute atomic E-state index is 0.0773. The van der Waals surface area contributed by atoms with Crippen molar-refractivity contribution in [2.75, 3.05) is 14.2 Å². The van der Waals surface area contributed by atoms with E-state index in [-0.39, 0.29) is 5.75 Å². The summed E-state index contributed by atoms with van der Waals surface area (Å²) in [5, 5.41) is 13.2. The van der Waals surface area contributed by atoms with Crippen LogP contribution >= 0.6 is 11.6 Å². The van der Waals surface area contributed by atoms with Crippen LogP contribution in [0.4, 0.5) is 0 Å². The first kappa shape index (κ1) is 17.1. The van der Waals surface area contributed by atoms with Crippen LogP contribution in [-0.2, 0) is 16.1 Å². The molecule has 0 saturated carbocycles. The average molecular weight is 336 g/mol. The van der Waals surface area contributed by atoms with Crippen LogP contribution in [0.3, 0.4) is 0 Å². The number of phenols is 1. The molecule has 0 aliphatic heterocycles. The Morgan fingerprint density at radius 2 is 2.00 bits per heavy atom. The molecule has 6 heteroatoms. The Morgan fingerprint density at radius 1 is 1.26 bits per heavy atom.